The van der Waals surface area contributed by atoms with Crippen LogP contribution >= 0.6 is 0 Å². The predicted octanol–water partition coefficient (Wildman–Crippen LogP) is 2.02. The van der Waals surface area contributed by atoms with Crippen LogP contribution in [0.3, 0.4) is 0 Å². The van der Waals surface area contributed by atoms with Gasteiger partial charge in [-0.15, -0.1) is 0 Å². The zero-order valence-electron chi connectivity index (χ0n) is 12.0. The molecule has 3 heteroatoms. The molecule has 3 nitrogen and oxygen atoms in total. The molecule has 2 atom stereocenters. The van der Waals surface area contributed by atoms with Crippen LogP contribution in [0.15, 0.2) is 0 Å². The number of likely N-dealkylation sites (tertiary alicyclic amines) is 1. The van der Waals surface area contributed by atoms with Crippen LogP contribution in [0, 0.1) is 17.3 Å². The number of amides is 1. The van der Waals surface area contributed by atoms with Gasteiger partial charge in [-0.25, -0.2) is 0 Å². The topological polar surface area (TPSA) is 32.3 Å². The van der Waals surface area contributed by atoms with E-state index in [2.05, 4.69) is 31.0 Å². The summed E-state index contributed by atoms with van der Waals surface area (Å²) >= 11 is 0. The summed E-state index contributed by atoms with van der Waals surface area (Å²) in [4.78, 5) is 15.1. The minimum Gasteiger partial charge on any atom is -0.336 e. The SMILES string of the molecule is CC1(C(=O)N2CC3CNCC3C2(C)C)CCCC1. The van der Waals surface area contributed by atoms with Gasteiger partial charge < -0.3 is 10.2 Å². The molecule has 0 radical (unpaired) electrons. The fourth-order valence-corrected chi connectivity index (χ4v) is 4.46. The third kappa shape index (κ3) is 1.63. The second-order valence-electron chi connectivity index (χ2n) is 7.36. The highest BCUT2D eigenvalue weighted by molar-refractivity contribution is 5.83. The molecule has 2 heterocycles. The summed E-state index contributed by atoms with van der Waals surface area (Å²) in [5.74, 6) is 1.75. The van der Waals surface area contributed by atoms with E-state index in [1.54, 1.807) is 0 Å². The van der Waals surface area contributed by atoms with Gasteiger partial charge in [-0.3, -0.25) is 4.79 Å². The lowest BCUT2D eigenvalue weighted by Gasteiger charge is -2.40. The van der Waals surface area contributed by atoms with Gasteiger partial charge in [-0.05, 0) is 38.5 Å². The maximum Gasteiger partial charge on any atom is 0.228 e. The Morgan fingerprint density at radius 2 is 1.83 bits per heavy atom. The highest BCUT2D eigenvalue weighted by Crippen LogP contribution is 2.46. The highest BCUT2D eigenvalue weighted by atomic mass is 16.2. The maximum atomic E-state index is 12.9. The van der Waals surface area contributed by atoms with Crippen LogP contribution in [-0.2, 0) is 4.79 Å². The maximum absolute atomic E-state index is 12.9. The Labute approximate surface area is 110 Å². The second-order valence-corrected chi connectivity index (χ2v) is 7.36. The van der Waals surface area contributed by atoms with Gasteiger partial charge in [0.2, 0.25) is 5.91 Å². The minimum atomic E-state index is -0.0661. The molecule has 102 valence electrons. The number of carbonyl (C=O) groups is 1. The van der Waals surface area contributed by atoms with Crippen molar-refractivity contribution >= 4 is 5.91 Å². The summed E-state index contributed by atoms with van der Waals surface area (Å²) in [5.41, 5.74) is -0.0276. The molecule has 2 saturated heterocycles. The smallest absolute Gasteiger partial charge is 0.228 e. The highest BCUT2D eigenvalue weighted by Gasteiger charge is 2.54. The average molecular weight is 250 g/mol. The standard InChI is InChI=1S/C15H26N2O/c1-14(2)12-9-16-8-11(12)10-17(14)13(18)15(3)6-4-5-7-15/h11-12,16H,4-10H2,1-3H3. The summed E-state index contributed by atoms with van der Waals surface area (Å²) in [6.07, 6.45) is 4.63. The second kappa shape index (κ2) is 3.96. The molecular formula is C15H26N2O. The predicted molar refractivity (Wildman–Crippen MR) is 72.2 cm³/mol. The van der Waals surface area contributed by atoms with E-state index in [1.165, 1.54) is 12.8 Å². The van der Waals surface area contributed by atoms with Crippen molar-refractivity contribution in [2.24, 2.45) is 17.3 Å². The Balaban J connectivity index is 1.82. The third-order valence-electron chi connectivity index (χ3n) is 5.83. The molecular weight excluding hydrogens is 224 g/mol. The van der Waals surface area contributed by atoms with Crippen LogP contribution in [0.1, 0.15) is 46.5 Å². The van der Waals surface area contributed by atoms with Gasteiger partial charge >= 0.3 is 0 Å². The number of fused-ring (bicyclic) bond motifs is 1. The van der Waals surface area contributed by atoms with E-state index in [-0.39, 0.29) is 11.0 Å². The van der Waals surface area contributed by atoms with Crippen molar-refractivity contribution in [1.29, 1.82) is 0 Å². The van der Waals surface area contributed by atoms with Crippen LogP contribution in [0.2, 0.25) is 0 Å². The van der Waals surface area contributed by atoms with E-state index in [0.717, 1.165) is 32.5 Å². The Hall–Kier alpha value is -0.570. The van der Waals surface area contributed by atoms with E-state index in [9.17, 15) is 4.79 Å². The van der Waals surface area contributed by atoms with E-state index in [0.29, 0.717) is 17.7 Å². The lowest BCUT2D eigenvalue weighted by Crippen LogP contribution is -2.52. The fourth-order valence-electron chi connectivity index (χ4n) is 4.46. The van der Waals surface area contributed by atoms with Gasteiger partial charge in [0.25, 0.3) is 0 Å². The molecule has 2 aliphatic heterocycles. The van der Waals surface area contributed by atoms with Crippen molar-refractivity contribution in [1.82, 2.24) is 10.2 Å². The Kier molecular flexibility index (Phi) is 2.74. The lowest BCUT2D eigenvalue weighted by atomic mass is 9.82. The number of nitrogens with one attached hydrogen (secondary N) is 1. The number of rotatable bonds is 1. The largest absolute Gasteiger partial charge is 0.336 e. The van der Waals surface area contributed by atoms with Gasteiger partial charge in [0.15, 0.2) is 0 Å². The van der Waals surface area contributed by atoms with Crippen molar-refractivity contribution in [3.63, 3.8) is 0 Å². The molecule has 18 heavy (non-hydrogen) atoms. The minimum absolute atomic E-state index is 0.0385. The normalized spacial score (nSPS) is 36.9. The third-order valence-corrected chi connectivity index (χ3v) is 5.83. The van der Waals surface area contributed by atoms with Crippen LogP contribution in [0.4, 0.5) is 0 Å². The average Bonchev–Trinajstić information content (AvgIpc) is 2.97. The van der Waals surface area contributed by atoms with Crippen LogP contribution < -0.4 is 5.32 Å². The molecule has 2 unspecified atom stereocenters. The van der Waals surface area contributed by atoms with E-state index < -0.39 is 0 Å². The van der Waals surface area contributed by atoms with Crippen LogP contribution in [0.5, 0.6) is 0 Å². The van der Waals surface area contributed by atoms with Crippen molar-refractivity contribution in [3.05, 3.63) is 0 Å². The monoisotopic (exact) mass is 250 g/mol. The Morgan fingerprint density at radius 3 is 2.44 bits per heavy atom. The zero-order valence-corrected chi connectivity index (χ0v) is 12.0. The molecule has 1 aliphatic carbocycles. The Morgan fingerprint density at radius 1 is 1.17 bits per heavy atom. The van der Waals surface area contributed by atoms with Gasteiger partial charge in [-0.1, -0.05) is 19.8 Å². The summed E-state index contributed by atoms with van der Waals surface area (Å²) in [6, 6.07) is 0. The van der Waals surface area contributed by atoms with E-state index >= 15 is 0 Å². The fraction of sp³-hybridized carbons (Fsp3) is 0.933. The van der Waals surface area contributed by atoms with Gasteiger partial charge in [-0.2, -0.15) is 0 Å². The molecule has 3 fully saturated rings. The van der Waals surface area contributed by atoms with Crippen LogP contribution in [0.25, 0.3) is 0 Å². The number of hydrogen-bond acceptors (Lipinski definition) is 2. The van der Waals surface area contributed by atoms with Crippen molar-refractivity contribution in [3.8, 4) is 0 Å². The zero-order chi connectivity index (χ0) is 13.0. The molecule has 3 aliphatic rings. The molecule has 0 aromatic carbocycles. The lowest BCUT2D eigenvalue weighted by molar-refractivity contribution is -0.145. The Bertz CT molecular complexity index is 358. The first-order valence-electron chi connectivity index (χ1n) is 7.48. The van der Waals surface area contributed by atoms with E-state index in [1.807, 2.05) is 0 Å². The van der Waals surface area contributed by atoms with Crippen LogP contribution in [-0.4, -0.2) is 36.0 Å². The number of nitrogens with zero attached hydrogens (tertiary/aromatic N) is 1. The number of carbonyl (C=O) groups excluding carboxylic acids is 1. The molecule has 1 N–H and O–H groups in total. The molecule has 0 bridgehead atoms. The number of hydrogen-bond donors (Lipinski definition) is 1. The van der Waals surface area contributed by atoms with Crippen molar-refractivity contribution in [2.45, 2.75) is 52.0 Å². The molecule has 0 aromatic rings. The molecule has 3 rings (SSSR count). The summed E-state index contributed by atoms with van der Waals surface area (Å²) in [5, 5.41) is 3.48. The first-order valence-corrected chi connectivity index (χ1v) is 7.48. The molecule has 0 spiro atoms. The van der Waals surface area contributed by atoms with E-state index in [4.69, 9.17) is 0 Å². The van der Waals surface area contributed by atoms with Crippen molar-refractivity contribution in [2.75, 3.05) is 19.6 Å². The van der Waals surface area contributed by atoms with Crippen molar-refractivity contribution < 1.29 is 4.79 Å². The summed E-state index contributed by atoms with van der Waals surface area (Å²) in [7, 11) is 0. The molecule has 1 amide bonds. The van der Waals surface area contributed by atoms with Gasteiger partial charge in [0.05, 0.1) is 0 Å². The first kappa shape index (κ1) is 12.5. The summed E-state index contributed by atoms with van der Waals surface area (Å²) in [6.45, 7) is 9.86. The van der Waals surface area contributed by atoms with Gasteiger partial charge in [0.1, 0.15) is 0 Å². The quantitative estimate of drug-likeness (QED) is 0.772. The van der Waals surface area contributed by atoms with Gasteiger partial charge in [0, 0.05) is 30.6 Å². The molecule has 1 saturated carbocycles. The summed E-state index contributed by atoms with van der Waals surface area (Å²) < 4.78 is 0. The first-order chi connectivity index (χ1) is 8.45. The molecule has 0 aromatic heterocycles.